The molecule has 0 aromatic rings. The zero-order valence-corrected chi connectivity index (χ0v) is 17.5. The number of hydrogen-bond donors (Lipinski definition) is 0. The second-order valence-corrected chi connectivity index (χ2v) is 9.09. The second-order valence-electron chi connectivity index (χ2n) is 4.85. The van der Waals surface area contributed by atoms with Crippen LogP contribution < -0.4 is 0 Å². The molecule has 0 bridgehead atoms. The van der Waals surface area contributed by atoms with Gasteiger partial charge in [0.05, 0.1) is 0 Å². The summed E-state index contributed by atoms with van der Waals surface area (Å²) in [4.78, 5) is 0. The van der Waals surface area contributed by atoms with Crippen molar-refractivity contribution in [2.45, 2.75) is 52.4 Å². The monoisotopic (exact) mass is 496 g/mol. The Morgan fingerprint density at radius 1 is 0.714 bits per heavy atom. The first kappa shape index (κ1) is 22.3. The van der Waals surface area contributed by atoms with Gasteiger partial charge in [-0.25, -0.2) is 0 Å². The molecule has 10 radical (unpaired) electrons. The van der Waals surface area contributed by atoms with Crippen molar-refractivity contribution < 1.29 is 16.5 Å². The molecule has 0 unspecified atom stereocenters. The first-order valence-corrected chi connectivity index (χ1v) is 14.9. The summed E-state index contributed by atoms with van der Waals surface area (Å²) in [5, 5.41) is 0. The fourth-order valence-corrected chi connectivity index (χ4v) is 1.92. The molecule has 2 saturated carbocycles. The van der Waals surface area contributed by atoms with Crippen molar-refractivity contribution >= 4 is 18.8 Å². The van der Waals surface area contributed by atoms with Gasteiger partial charge in [-0.05, 0) is 76.0 Å². The van der Waals surface area contributed by atoms with E-state index in [1.54, 1.807) is 0 Å². The number of halogens is 2. The van der Waals surface area contributed by atoms with E-state index in [1.165, 1.54) is 50.4 Å². The predicted octanol–water partition coefficient (Wildman–Crippen LogP) is 6.54. The molecular formula is C18H26Cl2W. The van der Waals surface area contributed by atoms with Gasteiger partial charge in [0.25, 0.3) is 0 Å². The van der Waals surface area contributed by atoms with E-state index in [9.17, 15) is 0 Å². The Morgan fingerprint density at radius 2 is 1.00 bits per heavy atom. The van der Waals surface area contributed by atoms with E-state index in [0.29, 0.717) is 0 Å². The Kier molecular flexibility index (Phi) is 18.7. The van der Waals surface area contributed by atoms with Gasteiger partial charge >= 0.3 is 35.3 Å². The van der Waals surface area contributed by atoms with Crippen LogP contribution in [0.1, 0.15) is 52.4 Å². The minimum atomic E-state index is -0.806. The van der Waals surface area contributed by atoms with Crippen molar-refractivity contribution in [1.82, 2.24) is 0 Å². The molecule has 2 aliphatic rings. The molecule has 21 heavy (non-hydrogen) atoms. The van der Waals surface area contributed by atoms with Crippen LogP contribution in [0.4, 0.5) is 0 Å². The van der Waals surface area contributed by atoms with Gasteiger partial charge in [-0.2, -0.15) is 0 Å². The second kappa shape index (κ2) is 17.6. The molecule has 118 valence electrons. The summed E-state index contributed by atoms with van der Waals surface area (Å²) in [5.74, 6) is 2.97. The van der Waals surface area contributed by atoms with Crippen LogP contribution in [0.15, 0.2) is 0 Å². The molecule has 2 aliphatic carbocycles. The third kappa shape index (κ3) is 14.6. The maximum atomic E-state index is 4.93. The van der Waals surface area contributed by atoms with Crippen molar-refractivity contribution in [3.8, 4) is 0 Å². The normalized spacial score (nSPS) is 18.9. The molecule has 0 aromatic heterocycles. The van der Waals surface area contributed by atoms with Crippen LogP contribution in [0, 0.1) is 63.2 Å². The molecule has 0 saturated heterocycles. The molecule has 0 spiro atoms. The average Bonchev–Trinajstić information content (AvgIpc) is 3.18. The van der Waals surface area contributed by atoms with Gasteiger partial charge < -0.3 is 0 Å². The van der Waals surface area contributed by atoms with Gasteiger partial charge in [0.15, 0.2) is 0 Å². The van der Waals surface area contributed by atoms with Crippen molar-refractivity contribution in [3.05, 3.63) is 63.2 Å². The molecule has 2 rings (SSSR count). The SMILES string of the molecule is CCCC[C]1[CH][CH][CH][CH]1.CCCC[C]1[CH][CH][CH][CH]1.[Cl][W][Cl]. The van der Waals surface area contributed by atoms with Crippen molar-refractivity contribution in [2.75, 3.05) is 0 Å². The molecule has 0 amide bonds. The van der Waals surface area contributed by atoms with Crippen LogP contribution in [-0.2, 0) is 16.5 Å². The van der Waals surface area contributed by atoms with E-state index in [1.807, 2.05) is 0 Å². The Labute approximate surface area is 150 Å². The van der Waals surface area contributed by atoms with Crippen molar-refractivity contribution in [3.63, 3.8) is 0 Å². The quantitative estimate of drug-likeness (QED) is 0.391. The summed E-state index contributed by atoms with van der Waals surface area (Å²) in [6.07, 6.45) is 24.9. The molecule has 0 aliphatic heterocycles. The number of rotatable bonds is 6. The third-order valence-corrected chi connectivity index (χ3v) is 3.10. The Hall–Kier alpha value is 1.27. The molecule has 0 heterocycles. The Bertz CT molecular complexity index is 168. The van der Waals surface area contributed by atoms with Gasteiger partial charge in [-0.15, -0.1) is 0 Å². The van der Waals surface area contributed by atoms with E-state index in [2.05, 4.69) is 65.2 Å². The van der Waals surface area contributed by atoms with E-state index >= 15 is 0 Å². The molecule has 0 N–H and O–H groups in total. The molecule has 3 heteroatoms. The average molecular weight is 497 g/mol. The molecule has 0 nitrogen and oxygen atoms in total. The molecule has 0 aromatic carbocycles. The Morgan fingerprint density at radius 3 is 1.24 bits per heavy atom. The van der Waals surface area contributed by atoms with Gasteiger partial charge in [0, 0.05) is 0 Å². The van der Waals surface area contributed by atoms with E-state index in [4.69, 9.17) is 18.8 Å². The number of hydrogen-bond acceptors (Lipinski definition) is 0. The van der Waals surface area contributed by atoms with Crippen molar-refractivity contribution in [2.24, 2.45) is 0 Å². The zero-order valence-electron chi connectivity index (χ0n) is 13.0. The minimum absolute atomic E-state index is 0.806. The van der Waals surface area contributed by atoms with E-state index in [-0.39, 0.29) is 0 Å². The van der Waals surface area contributed by atoms with Crippen molar-refractivity contribution in [1.29, 1.82) is 0 Å². The Balaban J connectivity index is 0.000000322. The first-order chi connectivity index (χ1) is 10.3. The van der Waals surface area contributed by atoms with E-state index in [0.717, 1.165) is 0 Å². The van der Waals surface area contributed by atoms with Crippen LogP contribution in [0.5, 0.6) is 0 Å². The summed E-state index contributed by atoms with van der Waals surface area (Å²) >= 11 is -0.806. The van der Waals surface area contributed by atoms with Gasteiger partial charge in [-0.3, -0.25) is 0 Å². The summed E-state index contributed by atoms with van der Waals surface area (Å²) in [6, 6.07) is 0. The predicted molar refractivity (Wildman–Crippen MR) is 91.6 cm³/mol. The summed E-state index contributed by atoms with van der Waals surface area (Å²) in [7, 11) is 9.86. The molecule has 2 fully saturated rings. The van der Waals surface area contributed by atoms with Crippen LogP contribution in [0.3, 0.4) is 0 Å². The molecule has 0 atom stereocenters. The topological polar surface area (TPSA) is 0 Å². The summed E-state index contributed by atoms with van der Waals surface area (Å²) < 4.78 is 0. The summed E-state index contributed by atoms with van der Waals surface area (Å²) in [6.45, 7) is 4.45. The van der Waals surface area contributed by atoms with Gasteiger partial charge in [0.2, 0.25) is 0 Å². The van der Waals surface area contributed by atoms with Crippen LogP contribution in [0.2, 0.25) is 0 Å². The first-order valence-electron chi connectivity index (χ1n) is 7.58. The fraction of sp³-hybridized carbons (Fsp3) is 0.444. The number of unbranched alkanes of at least 4 members (excludes halogenated alkanes) is 2. The zero-order chi connectivity index (χ0) is 15.8. The van der Waals surface area contributed by atoms with Crippen LogP contribution in [0.25, 0.3) is 0 Å². The fourth-order valence-electron chi connectivity index (χ4n) is 1.92. The van der Waals surface area contributed by atoms with Crippen LogP contribution >= 0.6 is 18.8 Å². The third-order valence-electron chi connectivity index (χ3n) is 3.10. The molecular weight excluding hydrogens is 471 g/mol. The van der Waals surface area contributed by atoms with E-state index < -0.39 is 16.5 Å². The van der Waals surface area contributed by atoms with Gasteiger partial charge in [-0.1, -0.05) is 39.5 Å². The van der Waals surface area contributed by atoms with Crippen LogP contribution in [-0.4, -0.2) is 0 Å². The van der Waals surface area contributed by atoms with Gasteiger partial charge in [0.1, 0.15) is 0 Å². The standard InChI is InChI=1S/2C9H13.2ClH.W/c2*1-2-3-6-9-7-4-5-8-9;;;/h2*4-5,7-8H,2-3,6H2,1H3;2*1H;/q;;;;+2/p-2. The summed E-state index contributed by atoms with van der Waals surface area (Å²) in [5.41, 5.74) is 0. The maximum absolute atomic E-state index is 4.93.